The molecule has 0 unspecified atom stereocenters. The van der Waals surface area contributed by atoms with Crippen LogP contribution in [0, 0.1) is 6.92 Å². The van der Waals surface area contributed by atoms with Gasteiger partial charge in [-0.3, -0.25) is 9.59 Å². The van der Waals surface area contributed by atoms with Crippen molar-refractivity contribution in [2.75, 3.05) is 19.0 Å². The number of carbonyl (C=O) groups is 2. The third-order valence-corrected chi connectivity index (χ3v) is 7.35. The van der Waals surface area contributed by atoms with Crippen LogP contribution < -0.4 is 15.6 Å². The molecule has 11 heteroatoms. The van der Waals surface area contributed by atoms with Gasteiger partial charge in [0.15, 0.2) is 0 Å². The van der Waals surface area contributed by atoms with Crippen LogP contribution in [0.25, 0.3) is 6.08 Å². The number of phenols is 2. The van der Waals surface area contributed by atoms with Crippen LogP contribution in [0.5, 0.6) is 11.5 Å². The van der Waals surface area contributed by atoms with Crippen molar-refractivity contribution in [2.45, 2.75) is 6.92 Å². The van der Waals surface area contributed by atoms with E-state index in [9.17, 15) is 19.8 Å². The van der Waals surface area contributed by atoms with Crippen molar-refractivity contribution in [3.8, 4) is 11.5 Å². The molecule has 4 N–H and O–H groups in total. The van der Waals surface area contributed by atoms with E-state index in [1.165, 1.54) is 12.3 Å². The SMILES string of the molecule is Cc1c(Br)c(O)c(Br)c(O)c1/C=N/NC(=O)C(=Cc1ccc(N(C)C)cc1)NC(=O)c1ccccc1Cl. The van der Waals surface area contributed by atoms with E-state index in [1.54, 1.807) is 43.3 Å². The van der Waals surface area contributed by atoms with Gasteiger partial charge in [0, 0.05) is 25.3 Å². The van der Waals surface area contributed by atoms with Crippen molar-refractivity contribution in [1.29, 1.82) is 0 Å². The molecule has 0 bridgehead atoms. The second kappa shape index (κ2) is 12.3. The number of phenolic OH excluding ortho intramolecular Hbond substituents is 2. The molecule has 0 aliphatic heterocycles. The minimum Gasteiger partial charge on any atom is -0.506 e. The molecule has 0 heterocycles. The smallest absolute Gasteiger partial charge is 0.287 e. The summed E-state index contributed by atoms with van der Waals surface area (Å²) in [5, 5.41) is 27.2. The van der Waals surface area contributed by atoms with Gasteiger partial charge in [0.2, 0.25) is 0 Å². The number of carbonyl (C=O) groups excluding carboxylic acids is 2. The molecule has 0 spiro atoms. The Morgan fingerprint density at radius 3 is 2.27 bits per heavy atom. The fraction of sp³-hybridized carbons (Fsp3) is 0.115. The van der Waals surface area contributed by atoms with Crippen LogP contribution in [0.2, 0.25) is 5.02 Å². The van der Waals surface area contributed by atoms with E-state index in [0.29, 0.717) is 15.6 Å². The molecule has 0 saturated heterocycles. The molecular formula is C26H23Br2ClN4O4. The molecule has 2 amide bonds. The van der Waals surface area contributed by atoms with Crippen molar-refractivity contribution >= 4 is 73.3 Å². The Balaban J connectivity index is 1.91. The second-order valence-electron chi connectivity index (χ2n) is 8.04. The van der Waals surface area contributed by atoms with Crippen LogP contribution in [0.3, 0.4) is 0 Å². The topological polar surface area (TPSA) is 114 Å². The third kappa shape index (κ3) is 6.71. The summed E-state index contributed by atoms with van der Waals surface area (Å²) in [6.45, 7) is 1.66. The van der Waals surface area contributed by atoms with Crippen LogP contribution >= 0.6 is 43.5 Å². The summed E-state index contributed by atoms with van der Waals surface area (Å²) in [6.07, 6.45) is 2.74. The first-order valence-electron chi connectivity index (χ1n) is 10.8. The molecule has 0 saturated carbocycles. The number of rotatable bonds is 7. The highest BCUT2D eigenvalue weighted by atomic mass is 79.9. The maximum Gasteiger partial charge on any atom is 0.287 e. The van der Waals surface area contributed by atoms with E-state index in [-0.39, 0.29) is 37.8 Å². The van der Waals surface area contributed by atoms with Gasteiger partial charge in [0.1, 0.15) is 21.7 Å². The number of benzene rings is 3. The zero-order valence-electron chi connectivity index (χ0n) is 20.0. The molecule has 8 nitrogen and oxygen atoms in total. The number of hydrogen-bond donors (Lipinski definition) is 4. The first kappa shape index (κ1) is 28.2. The molecular weight excluding hydrogens is 628 g/mol. The number of amides is 2. The standard InChI is InChI=1S/C26H23Br2ClN4O4/c1-14-18(23(34)22(28)24(35)21(14)27)13-30-32-26(37)20(12-15-8-10-16(11-9-15)33(2)3)31-25(36)17-6-4-5-7-19(17)29/h4-13,34-35H,1-3H3,(H,31,36)(H,32,37)/b20-12?,30-13+. The molecule has 0 radical (unpaired) electrons. The van der Waals surface area contributed by atoms with Gasteiger partial charge >= 0.3 is 0 Å². The van der Waals surface area contributed by atoms with Crippen molar-refractivity contribution in [1.82, 2.24) is 10.7 Å². The lowest BCUT2D eigenvalue weighted by atomic mass is 10.1. The number of hydrazone groups is 1. The molecule has 0 fully saturated rings. The minimum absolute atomic E-state index is 0.0753. The number of hydrogen-bond acceptors (Lipinski definition) is 6. The van der Waals surface area contributed by atoms with Crippen LogP contribution in [0.1, 0.15) is 27.0 Å². The fourth-order valence-electron chi connectivity index (χ4n) is 3.20. The Labute approximate surface area is 235 Å². The molecule has 3 rings (SSSR count). The number of halogens is 3. The first-order chi connectivity index (χ1) is 17.5. The monoisotopic (exact) mass is 648 g/mol. The molecule has 0 atom stereocenters. The van der Waals surface area contributed by atoms with Crippen molar-refractivity contribution < 1.29 is 19.8 Å². The first-order valence-corrected chi connectivity index (χ1v) is 12.8. The van der Waals surface area contributed by atoms with Gasteiger partial charge in [0.05, 0.1) is 21.3 Å². The summed E-state index contributed by atoms with van der Waals surface area (Å²) < 4.78 is 0.435. The lowest BCUT2D eigenvalue weighted by Crippen LogP contribution is -2.33. The molecule has 0 aliphatic rings. The normalized spacial score (nSPS) is 11.5. The molecule has 3 aromatic carbocycles. The van der Waals surface area contributed by atoms with Gasteiger partial charge in [-0.05, 0) is 80.3 Å². The van der Waals surface area contributed by atoms with Gasteiger partial charge in [-0.25, -0.2) is 5.43 Å². The summed E-state index contributed by atoms with van der Waals surface area (Å²) >= 11 is 12.5. The summed E-state index contributed by atoms with van der Waals surface area (Å²) in [4.78, 5) is 27.9. The van der Waals surface area contributed by atoms with Gasteiger partial charge in [0.25, 0.3) is 11.8 Å². The highest BCUT2D eigenvalue weighted by molar-refractivity contribution is 9.11. The van der Waals surface area contributed by atoms with E-state index in [0.717, 1.165) is 5.69 Å². The Kier molecular flexibility index (Phi) is 9.36. The zero-order valence-corrected chi connectivity index (χ0v) is 23.9. The number of aromatic hydroxyl groups is 2. The highest BCUT2D eigenvalue weighted by Crippen LogP contribution is 2.43. The molecule has 0 aromatic heterocycles. The predicted octanol–water partition coefficient (Wildman–Crippen LogP) is 5.57. The fourth-order valence-corrected chi connectivity index (χ4v) is 4.51. The predicted molar refractivity (Wildman–Crippen MR) is 153 cm³/mol. The van der Waals surface area contributed by atoms with Gasteiger partial charge in [-0.1, -0.05) is 35.9 Å². The Morgan fingerprint density at radius 1 is 1.00 bits per heavy atom. The number of nitrogens with zero attached hydrogens (tertiary/aromatic N) is 2. The summed E-state index contributed by atoms with van der Waals surface area (Å²) in [5.41, 5.74) is 4.89. The lowest BCUT2D eigenvalue weighted by Gasteiger charge is -2.13. The number of nitrogens with one attached hydrogen (secondary N) is 2. The van der Waals surface area contributed by atoms with Crippen LogP contribution in [0.15, 0.2) is 68.3 Å². The van der Waals surface area contributed by atoms with E-state index in [1.807, 2.05) is 31.1 Å². The number of anilines is 1. The Morgan fingerprint density at radius 2 is 1.65 bits per heavy atom. The minimum atomic E-state index is -0.706. The summed E-state index contributed by atoms with van der Waals surface area (Å²) in [7, 11) is 3.83. The molecule has 3 aromatic rings. The quantitative estimate of drug-likeness (QED) is 0.152. The van der Waals surface area contributed by atoms with Crippen molar-refractivity contribution in [3.05, 3.63) is 90.4 Å². The lowest BCUT2D eigenvalue weighted by molar-refractivity contribution is -0.117. The van der Waals surface area contributed by atoms with E-state index >= 15 is 0 Å². The summed E-state index contributed by atoms with van der Waals surface area (Å²) in [5.74, 6) is -1.69. The highest BCUT2D eigenvalue weighted by Gasteiger charge is 2.19. The third-order valence-electron chi connectivity index (χ3n) is 5.30. The van der Waals surface area contributed by atoms with E-state index in [4.69, 9.17) is 11.6 Å². The van der Waals surface area contributed by atoms with Crippen LogP contribution in [-0.2, 0) is 4.79 Å². The maximum absolute atomic E-state index is 13.1. The maximum atomic E-state index is 13.1. The second-order valence-corrected chi connectivity index (χ2v) is 10.0. The molecule has 0 aliphatic carbocycles. The van der Waals surface area contributed by atoms with Gasteiger partial charge < -0.3 is 20.4 Å². The largest absolute Gasteiger partial charge is 0.506 e. The zero-order chi connectivity index (χ0) is 27.3. The van der Waals surface area contributed by atoms with Crippen molar-refractivity contribution in [2.24, 2.45) is 5.10 Å². The average Bonchev–Trinajstić information content (AvgIpc) is 2.88. The van der Waals surface area contributed by atoms with Crippen LogP contribution in [0.4, 0.5) is 5.69 Å². The van der Waals surface area contributed by atoms with Crippen LogP contribution in [-0.4, -0.2) is 42.3 Å². The average molecular weight is 651 g/mol. The molecule has 37 heavy (non-hydrogen) atoms. The van der Waals surface area contributed by atoms with Gasteiger partial charge in [-0.2, -0.15) is 5.10 Å². The van der Waals surface area contributed by atoms with Gasteiger partial charge in [-0.15, -0.1) is 0 Å². The molecule has 192 valence electrons. The van der Waals surface area contributed by atoms with E-state index in [2.05, 4.69) is 47.7 Å². The van der Waals surface area contributed by atoms with Crippen molar-refractivity contribution in [3.63, 3.8) is 0 Å². The Bertz CT molecular complexity index is 1380. The summed E-state index contributed by atoms with van der Waals surface area (Å²) in [6, 6.07) is 13.8. The Hall–Kier alpha value is -3.34. The van der Waals surface area contributed by atoms with E-state index < -0.39 is 11.8 Å².